The van der Waals surface area contributed by atoms with Crippen LogP contribution >= 0.6 is 23.1 Å². The molecule has 1 fully saturated rings. The SMILES string of the molecule is CC(C)Sc1ncnc2c1sc1nc(N3CCOCC3)c3c(c12)CC(C)(C)OC3. The number of hydrogen-bond acceptors (Lipinski definition) is 8. The molecule has 0 N–H and O–H groups in total. The number of morpholine rings is 1. The molecule has 0 bridgehead atoms. The van der Waals surface area contributed by atoms with E-state index in [0.717, 1.165) is 58.6 Å². The van der Waals surface area contributed by atoms with Crippen molar-refractivity contribution in [2.24, 2.45) is 0 Å². The number of rotatable bonds is 3. The summed E-state index contributed by atoms with van der Waals surface area (Å²) in [7, 11) is 0. The maximum Gasteiger partial charge on any atom is 0.136 e. The van der Waals surface area contributed by atoms with E-state index in [0.29, 0.717) is 11.9 Å². The van der Waals surface area contributed by atoms with E-state index in [2.05, 4.69) is 37.6 Å². The summed E-state index contributed by atoms with van der Waals surface area (Å²) in [4.78, 5) is 17.8. The quantitative estimate of drug-likeness (QED) is 0.450. The van der Waals surface area contributed by atoms with Gasteiger partial charge in [-0.15, -0.1) is 23.1 Å². The van der Waals surface area contributed by atoms with Crippen LogP contribution in [0.2, 0.25) is 0 Å². The van der Waals surface area contributed by atoms with Crippen LogP contribution in [0, 0.1) is 0 Å². The molecule has 154 valence electrons. The van der Waals surface area contributed by atoms with Gasteiger partial charge in [0.1, 0.15) is 22.0 Å². The van der Waals surface area contributed by atoms with Gasteiger partial charge in [0.15, 0.2) is 0 Å². The first-order chi connectivity index (χ1) is 13.9. The zero-order valence-corrected chi connectivity index (χ0v) is 19.0. The van der Waals surface area contributed by atoms with Crippen LogP contribution in [0.1, 0.15) is 38.8 Å². The standard InChI is InChI=1S/C21H26N4O2S2/c1-12(2)28-20-17-16(22-11-23-20)15-13-9-21(3,4)27-10-14(13)18(24-19(15)29-17)25-5-7-26-8-6-25/h11-12H,5-10H2,1-4H3. The Labute approximate surface area is 179 Å². The monoisotopic (exact) mass is 430 g/mol. The molecule has 0 aliphatic carbocycles. The topological polar surface area (TPSA) is 60.4 Å². The van der Waals surface area contributed by atoms with Gasteiger partial charge in [-0.3, -0.25) is 0 Å². The molecule has 0 unspecified atom stereocenters. The number of hydrogen-bond donors (Lipinski definition) is 0. The zero-order chi connectivity index (χ0) is 20.2. The third kappa shape index (κ3) is 3.50. The minimum Gasteiger partial charge on any atom is -0.378 e. The van der Waals surface area contributed by atoms with E-state index in [9.17, 15) is 0 Å². The Balaban J connectivity index is 1.77. The molecule has 0 saturated carbocycles. The maximum absolute atomic E-state index is 6.21. The minimum atomic E-state index is -0.194. The number of anilines is 1. The first-order valence-corrected chi connectivity index (χ1v) is 11.8. The smallest absolute Gasteiger partial charge is 0.136 e. The Hall–Kier alpha value is -1.48. The third-order valence-corrected chi connectivity index (χ3v) is 7.64. The lowest BCUT2D eigenvalue weighted by Crippen LogP contribution is -2.39. The fourth-order valence-electron chi connectivity index (χ4n) is 4.11. The Morgan fingerprint density at radius 1 is 1.17 bits per heavy atom. The second-order valence-corrected chi connectivity index (χ2v) is 11.1. The van der Waals surface area contributed by atoms with Crippen LogP contribution in [0.3, 0.4) is 0 Å². The maximum atomic E-state index is 6.21. The molecule has 3 aromatic rings. The van der Waals surface area contributed by atoms with Crippen molar-refractivity contribution in [1.29, 1.82) is 0 Å². The summed E-state index contributed by atoms with van der Waals surface area (Å²) in [6.07, 6.45) is 2.56. The summed E-state index contributed by atoms with van der Waals surface area (Å²) in [5.41, 5.74) is 3.41. The van der Waals surface area contributed by atoms with Crippen LogP contribution in [0.4, 0.5) is 5.82 Å². The van der Waals surface area contributed by atoms with E-state index >= 15 is 0 Å². The number of aromatic nitrogens is 3. The molecular weight excluding hydrogens is 404 g/mol. The lowest BCUT2D eigenvalue weighted by Gasteiger charge is -2.36. The van der Waals surface area contributed by atoms with Crippen LogP contribution in [0.5, 0.6) is 0 Å². The Kier molecular flexibility index (Phi) is 4.93. The predicted molar refractivity (Wildman–Crippen MR) is 119 cm³/mol. The summed E-state index contributed by atoms with van der Waals surface area (Å²) in [5, 5.41) is 2.72. The second-order valence-electron chi connectivity index (χ2n) is 8.52. The number of fused-ring (bicyclic) bond motifs is 5. The largest absolute Gasteiger partial charge is 0.378 e. The summed E-state index contributed by atoms with van der Waals surface area (Å²) in [6.45, 7) is 12.5. The normalized spacial score (nSPS) is 19.3. The van der Waals surface area contributed by atoms with Gasteiger partial charge in [-0.1, -0.05) is 13.8 Å². The molecular formula is C21H26N4O2S2. The zero-order valence-electron chi connectivity index (χ0n) is 17.3. The molecule has 8 heteroatoms. The van der Waals surface area contributed by atoms with Crippen molar-refractivity contribution in [1.82, 2.24) is 15.0 Å². The van der Waals surface area contributed by atoms with Crippen LogP contribution in [-0.2, 0) is 22.5 Å². The van der Waals surface area contributed by atoms with Gasteiger partial charge in [-0.25, -0.2) is 15.0 Å². The Bertz CT molecular complexity index is 1070. The fourth-order valence-corrected chi connectivity index (χ4v) is 6.18. The van der Waals surface area contributed by atoms with Gasteiger partial charge in [0.25, 0.3) is 0 Å². The highest BCUT2D eigenvalue weighted by Crippen LogP contribution is 2.44. The van der Waals surface area contributed by atoms with E-state index in [1.165, 1.54) is 16.5 Å². The van der Waals surface area contributed by atoms with E-state index in [1.54, 1.807) is 29.4 Å². The molecule has 2 aliphatic rings. The van der Waals surface area contributed by atoms with Gasteiger partial charge in [-0.2, -0.15) is 0 Å². The Morgan fingerprint density at radius 2 is 1.97 bits per heavy atom. The van der Waals surface area contributed by atoms with Crippen molar-refractivity contribution in [3.63, 3.8) is 0 Å². The van der Waals surface area contributed by atoms with Crippen LogP contribution in [-0.4, -0.2) is 52.1 Å². The molecule has 0 radical (unpaired) electrons. The van der Waals surface area contributed by atoms with E-state index in [-0.39, 0.29) is 5.60 Å². The van der Waals surface area contributed by atoms with Crippen molar-refractivity contribution < 1.29 is 9.47 Å². The van der Waals surface area contributed by atoms with Gasteiger partial charge in [-0.05, 0) is 19.4 Å². The van der Waals surface area contributed by atoms with E-state index < -0.39 is 0 Å². The highest BCUT2D eigenvalue weighted by molar-refractivity contribution is 8.00. The predicted octanol–water partition coefficient (Wildman–Crippen LogP) is 4.43. The molecule has 0 aromatic carbocycles. The molecule has 1 saturated heterocycles. The molecule has 29 heavy (non-hydrogen) atoms. The molecule has 0 spiro atoms. The van der Waals surface area contributed by atoms with Crippen molar-refractivity contribution >= 4 is 49.3 Å². The second kappa shape index (κ2) is 7.34. The summed E-state index contributed by atoms with van der Waals surface area (Å²) in [6, 6.07) is 0. The fraction of sp³-hybridized carbons (Fsp3) is 0.571. The average Bonchev–Trinajstić information content (AvgIpc) is 3.07. The van der Waals surface area contributed by atoms with Gasteiger partial charge in [0.05, 0.1) is 35.6 Å². The number of thiophene rings is 1. The molecule has 0 atom stereocenters. The number of ether oxygens (including phenoxy) is 2. The van der Waals surface area contributed by atoms with Crippen molar-refractivity contribution in [3.05, 3.63) is 17.5 Å². The van der Waals surface area contributed by atoms with Crippen molar-refractivity contribution in [3.8, 4) is 0 Å². The van der Waals surface area contributed by atoms with Crippen LogP contribution in [0.15, 0.2) is 11.4 Å². The van der Waals surface area contributed by atoms with E-state index in [1.807, 2.05) is 0 Å². The number of nitrogens with zero attached hydrogens (tertiary/aromatic N) is 4. The summed E-state index contributed by atoms with van der Waals surface area (Å²) < 4.78 is 12.9. The first-order valence-electron chi connectivity index (χ1n) is 10.2. The lowest BCUT2D eigenvalue weighted by molar-refractivity contribution is -0.0396. The minimum absolute atomic E-state index is 0.194. The lowest BCUT2D eigenvalue weighted by atomic mass is 9.90. The molecule has 6 nitrogen and oxygen atoms in total. The van der Waals surface area contributed by atoms with Crippen LogP contribution in [0.25, 0.3) is 20.4 Å². The molecule has 0 amide bonds. The first kappa shape index (κ1) is 19.5. The van der Waals surface area contributed by atoms with Gasteiger partial charge < -0.3 is 14.4 Å². The molecule has 3 aromatic heterocycles. The Morgan fingerprint density at radius 3 is 2.72 bits per heavy atom. The van der Waals surface area contributed by atoms with Crippen molar-refractivity contribution in [2.45, 2.75) is 56.6 Å². The molecule has 5 heterocycles. The summed E-state index contributed by atoms with van der Waals surface area (Å²) in [5.74, 6) is 1.06. The summed E-state index contributed by atoms with van der Waals surface area (Å²) >= 11 is 3.52. The van der Waals surface area contributed by atoms with E-state index in [4.69, 9.17) is 19.4 Å². The highest BCUT2D eigenvalue weighted by Gasteiger charge is 2.33. The molecule has 5 rings (SSSR count). The van der Waals surface area contributed by atoms with Gasteiger partial charge >= 0.3 is 0 Å². The number of pyridine rings is 1. The van der Waals surface area contributed by atoms with Gasteiger partial charge in [0, 0.05) is 35.7 Å². The van der Waals surface area contributed by atoms with Crippen molar-refractivity contribution in [2.75, 3.05) is 31.2 Å². The third-order valence-electron chi connectivity index (χ3n) is 5.43. The van der Waals surface area contributed by atoms with Crippen LogP contribution < -0.4 is 4.90 Å². The number of thioether (sulfide) groups is 1. The molecule has 2 aliphatic heterocycles. The van der Waals surface area contributed by atoms with Gasteiger partial charge in [0.2, 0.25) is 0 Å². The highest BCUT2D eigenvalue weighted by atomic mass is 32.2. The average molecular weight is 431 g/mol.